The van der Waals surface area contributed by atoms with Crippen LogP contribution in [-0.4, -0.2) is 26.8 Å². The van der Waals surface area contributed by atoms with Crippen LogP contribution in [0.5, 0.6) is 0 Å². The van der Waals surface area contributed by atoms with Gasteiger partial charge in [0.1, 0.15) is 18.3 Å². The number of halogens is 2. The van der Waals surface area contributed by atoms with Gasteiger partial charge in [-0.2, -0.15) is 0 Å². The van der Waals surface area contributed by atoms with Gasteiger partial charge in [-0.25, -0.2) is 12.8 Å². The molecule has 9 heteroatoms. The van der Waals surface area contributed by atoms with Crippen LogP contribution in [0.2, 0.25) is 5.02 Å². The topological polar surface area (TPSA) is 84.8 Å². The summed E-state index contributed by atoms with van der Waals surface area (Å²) < 4.78 is 45.2. The van der Waals surface area contributed by atoms with Crippen LogP contribution in [0.1, 0.15) is 36.8 Å². The van der Waals surface area contributed by atoms with Crippen LogP contribution in [0.3, 0.4) is 0 Å². The molecule has 1 aliphatic heterocycles. The van der Waals surface area contributed by atoms with Crippen molar-refractivity contribution in [3.05, 3.63) is 64.4 Å². The summed E-state index contributed by atoms with van der Waals surface area (Å²) in [6.45, 7) is 0.240. The maximum absolute atomic E-state index is 13.6. The molecule has 1 heterocycles. The summed E-state index contributed by atoms with van der Waals surface area (Å²) in [4.78, 5) is 16.4. The first kappa shape index (κ1) is 21.3. The fourth-order valence-corrected chi connectivity index (χ4v) is 4.36. The molecule has 0 unspecified atom stereocenters. The molecule has 0 atom stereocenters. The van der Waals surface area contributed by atoms with Gasteiger partial charge in [0.05, 0.1) is 9.92 Å². The third kappa shape index (κ3) is 5.33. The Hall–Kier alpha value is -2.45. The highest BCUT2D eigenvalue weighted by Gasteiger charge is 2.29. The molecule has 154 valence electrons. The molecule has 6 nitrogen and oxygen atoms in total. The molecule has 0 radical (unpaired) electrons. The van der Waals surface area contributed by atoms with Gasteiger partial charge in [-0.05, 0) is 37.1 Å². The SMILES string of the molecule is O=C(CCCCCN=C1NS(=O)(=O)c2ccccc21)OCc1c(F)cccc1Cl. The van der Waals surface area contributed by atoms with E-state index < -0.39 is 21.8 Å². The molecule has 0 aromatic heterocycles. The van der Waals surface area contributed by atoms with Crippen molar-refractivity contribution in [1.82, 2.24) is 4.72 Å². The Morgan fingerprint density at radius 2 is 1.90 bits per heavy atom. The molecule has 29 heavy (non-hydrogen) atoms. The lowest BCUT2D eigenvalue weighted by Gasteiger charge is -2.07. The average Bonchev–Trinajstić information content (AvgIpc) is 2.95. The van der Waals surface area contributed by atoms with E-state index in [1.807, 2.05) is 0 Å². The number of nitrogens with zero attached hydrogens (tertiary/aromatic N) is 1. The number of unbranched alkanes of at least 4 members (excludes halogenated alkanes) is 2. The van der Waals surface area contributed by atoms with E-state index in [1.54, 1.807) is 24.3 Å². The van der Waals surface area contributed by atoms with Crippen LogP contribution in [0.4, 0.5) is 4.39 Å². The maximum Gasteiger partial charge on any atom is 0.306 e. The van der Waals surface area contributed by atoms with Crippen molar-refractivity contribution in [2.24, 2.45) is 4.99 Å². The molecular weight excluding hydrogens is 419 g/mol. The number of fused-ring (bicyclic) bond motifs is 1. The number of carbonyl (C=O) groups is 1. The molecule has 0 saturated heterocycles. The van der Waals surface area contributed by atoms with E-state index in [0.717, 1.165) is 6.42 Å². The van der Waals surface area contributed by atoms with E-state index in [-0.39, 0.29) is 28.5 Å². The van der Waals surface area contributed by atoms with Crippen LogP contribution in [-0.2, 0) is 26.2 Å². The number of carbonyl (C=O) groups excluding carboxylic acids is 1. The zero-order valence-corrected chi connectivity index (χ0v) is 17.1. The Kier molecular flexibility index (Phi) is 6.87. The number of sulfonamides is 1. The van der Waals surface area contributed by atoms with Crippen molar-refractivity contribution < 1.29 is 22.3 Å². The Labute approximate surface area is 173 Å². The minimum Gasteiger partial charge on any atom is -0.461 e. The summed E-state index contributed by atoms with van der Waals surface area (Å²) in [5, 5.41) is 0.223. The predicted molar refractivity (Wildman–Crippen MR) is 108 cm³/mol. The van der Waals surface area contributed by atoms with Crippen LogP contribution < -0.4 is 4.72 Å². The van der Waals surface area contributed by atoms with E-state index in [1.165, 1.54) is 18.2 Å². The summed E-state index contributed by atoms with van der Waals surface area (Å²) in [6, 6.07) is 11.0. The predicted octanol–water partition coefficient (Wildman–Crippen LogP) is 3.82. The first-order chi connectivity index (χ1) is 13.9. The minimum absolute atomic E-state index is 0.164. The minimum atomic E-state index is -3.53. The molecule has 0 aliphatic carbocycles. The summed E-state index contributed by atoms with van der Waals surface area (Å²) >= 11 is 5.89. The van der Waals surface area contributed by atoms with Crippen molar-refractivity contribution in [1.29, 1.82) is 0 Å². The zero-order chi connectivity index (χ0) is 20.9. The van der Waals surface area contributed by atoms with Gasteiger partial charge in [-0.3, -0.25) is 14.5 Å². The number of esters is 1. The molecule has 0 amide bonds. The van der Waals surface area contributed by atoms with Crippen molar-refractivity contribution in [2.45, 2.75) is 37.2 Å². The van der Waals surface area contributed by atoms with Gasteiger partial charge in [0.25, 0.3) is 10.0 Å². The molecule has 0 saturated carbocycles. The number of hydrogen-bond donors (Lipinski definition) is 1. The maximum atomic E-state index is 13.6. The van der Waals surface area contributed by atoms with E-state index >= 15 is 0 Å². The second-order valence-electron chi connectivity index (χ2n) is 6.50. The average molecular weight is 439 g/mol. The lowest BCUT2D eigenvalue weighted by atomic mass is 10.2. The molecule has 1 aliphatic rings. The van der Waals surface area contributed by atoms with Crippen LogP contribution in [0.15, 0.2) is 52.4 Å². The van der Waals surface area contributed by atoms with Gasteiger partial charge >= 0.3 is 5.97 Å². The van der Waals surface area contributed by atoms with Crippen LogP contribution in [0, 0.1) is 5.82 Å². The molecule has 0 spiro atoms. The van der Waals surface area contributed by atoms with Gasteiger partial charge in [0.2, 0.25) is 0 Å². The summed E-state index contributed by atoms with van der Waals surface area (Å²) in [5.74, 6) is -0.580. The molecule has 1 N–H and O–H groups in total. The zero-order valence-electron chi connectivity index (χ0n) is 15.5. The molecule has 2 aromatic rings. The number of nitrogens with one attached hydrogen (secondary N) is 1. The Morgan fingerprint density at radius 3 is 2.69 bits per heavy atom. The van der Waals surface area contributed by atoms with E-state index in [4.69, 9.17) is 16.3 Å². The monoisotopic (exact) mass is 438 g/mol. The van der Waals surface area contributed by atoms with Gasteiger partial charge in [-0.1, -0.05) is 36.2 Å². The summed E-state index contributed by atoms with van der Waals surface area (Å²) in [5.41, 5.74) is 0.737. The molecule has 0 fully saturated rings. The quantitative estimate of drug-likeness (QED) is 0.501. The molecule has 0 bridgehead atoms. The largest absolute Gasteiger partial charge is 0.461 e. The fraction of sp³-hybridized carbons (Fsp3) is 0.300. The van der Waals surface area contributed by atoms with E-state index in [2.05, 4.69) is 9.71 Å². The van der Waals surface area contributed by atoms with Crippen LogP contribution >= 0.6 is 11.6 Å². The number of amidine groups is 1. The summed E-state index contributed by atoms with van der Waals surface area (Å²) in [7, 11) is -3.53. The number of rotatable bonds is 8. The van der Waals surface area contributed by atoms with Gasteiger partial charge in [-0.15, -0.1) is 0 Å². The highest BCUT2D eigenvalue weighted by atomic mass is 35.5. The van der Waals surface area contributed by atoms with Crippen molar-refractivity contribution in [3.8, 4) is 0 Å². The molecular formula is C20H20ClFN2O4S. The fourth-order valence-electron chi connectivity index (χ4n) is 2.90. The smallest absolute Gasteiger partial charge is 0.306 e. The Balaban J connectivity index is 1.38. The van der Waals surface area contributed by atoms with Gasteiger partial charge in [0.15, 0.2) is 0 Å². The number of hydrogen-bond acceptors (Lipinski definition) is 5. The first-order valence-electron chi connectivity index (χ1n) is 9.13. The number of benzene rings is 2. The second kappa shape index (κ2) is 9.37. The highest BCUT2D eigenvalue weighted by molar-refractivity contribution is 7.90. The number of aliphatic imine (C=N–C) groups is 1. The van der Waals surface area contributed by atoms with Crippen molar-refractivity contribution in [3.63, 3.8) is 0 Å². The Bertz CT molecular complexity index is 1020. The van der Waals surface area contributed by atoms with Gasteiger partial charge < -0.3 is 4.74 Å². The van der Waals surface area contributed by atoms with Crippen molar-refractivity contribution >= 4 is 33.4 Å². The third-order valence-electron chi connectivity index (χ3n) is 4.41. The first-order valence-corrected chi connectivity index (χ1v) is 11.0. The third-order valence-corrected chi connectivity index (χ3v) is 6.16. The Morgan fingerprint density at radius 1 is 1.10 bits per heavy atom. The van der Waals surface area contributed by atoms with Crippen LogP contribution in [0.25, 0.3) is 0 Å². The second-order valence-corrected chi connectivity index (χ2v) is 8.56. The number of ether oxygens (including phenoxy) is 1. The lowest BCUT2D eigenvalue weighted by molar-refractivity contribution is -0.145. The van der Waals surface area contributed by atoms with Crippen molar-refractivity contribution in [2.75, 3.05) is 6.54 Å². The summed E-state index contributed by atoms with van der Waals surface area (Å²) in [6.07, 6.45) is 2.22. The molecule has 2 aromatic carbocycles. The molecule has 3 rings (SSSR count). The van der Waals surface area contributed by atoms with Gasteiger partial charge in [0, 0.05) is 24.1 Å². The lowest BCUT2D eigenvalue weighted by Crippen LogP contribution is -2.22. The van der Waals surface area contributed by atoms with E-state index in [9.17, 15) is 17.6 Å². The highest BCUT2D eigenvalue weighted by Crippen LogP contribution is 2.22. The standard InChI is InChI=1S/C20H20ClFN2O4S/c21-16-8-6-9-17(22)15(16)13-28-19(25)11-2-1-5-12-23-20-14-7-3-4-10-18(14)29(26,27)24-20/h3-4,6-10H,1-2,5,11-13H2,(H,23,24). The van der Waals surface area contributed by atoms with E-state index in [0.29, 0.717) is 30.8 Å². The normalized spacial score (nSPS) is 15.7.